The fraction of sp³-hybridized carbons (Fsp3) is 0.875. The quantitative estimate of drug-likeness (QED) is 0.514. The molecule has 3 atom stereocenters. The van der Waals surface area contributed by atoms with Crippen LogP contribution < -0.4 is 5.32 Å². The third-order valence-electron chi connectivity index (χ3n) is 3.04. The molecule has 2 heterocycles. The average molecular weight is 186 g/mol. The molecule has 1 amide bonds. The first-order chi connectivity index (χ1) is 6.24. The van der Waals surface area contributed by atoms with Crippen molar-refractivity contribution in [3.05, 3.63) is 0 Å². The molecule has 2 fully saturated rings. The molecule has 0 aromatic heterocycles. The smallest absolute Gasteiger partial charge is 0.407 e. The van der Waals surface area contributed by atoms with E-state index >= 15 is 0 Å². The highest BCUT2D eigenvalue weighted by atomic mass is 16.4. The van der Waals surface area contributed by atoms with Crippen molar-refractivity contribution in [1.82, 2.24) is 10.2 Å². The molecule has 0 radical (unpaired) electrons. The van der Waals surface area contributed by atoms with Crippen LogP contribution in [0.15, 0.2) is 0 Å². The molecule has 0 unspecified atom stereocenters. The summed E-state index contributed by atoms with van der Waals surface area (Å²) in [5, 5.41) is 21.1. The fourth-order valence-corrected chi connectivity index (χ4v) is 2.42. The zero-order chi connectivity index (χ0) is 9.42. The van der Waals surface area contributed by atoms with E-state index in [1.165, 1.54) is 4.90 Å². The van der Waals surface area contributed by atoms with Crippen molar-refractivity contribution in [3.8, 4) is 0 Å². The predicted molar refractivity (Wildman–Crippen MR) is 45.6 cm³/mol. The van der Waals surface area contributed by atoms with Gasteiger partial charge in [-0.2, -0.15) is 0 Å². The number of nitrogens with zero attached hydrogens (tertiary/aromatic N) is 1. The van der Waals surface area contributed by atoms with Crippen LogP contribution in [0.5, 0.6) is 0 Å². The number of carbonyl (C=O) groups is 1. The number of piperazine rings is 1. The second-order valence-electron chi connectivity index (χ2n) is 3.69. The summed E-state index contributed by atoms with van der Waals surface area (Å²) in [5.41, 5.74) is 0. The van der Waals surface area contributed by atoms with Crippen LogP contribution in [0.1, 0.15) is 12.8 Å². The molecule has 2 bridgehead atoms. The minimum atomic E-state index is -0.854. The highest BCUT2D eigenvalue weighted by Gasteiger charge is 2.44. The molecule has 0 aromatic carbocycles. The molecule has 0 aliphatic carbocycles. The maximum absolute atomic E-state index is 10.9. The lowest BCUT2D eigenvalue weighted by atomic mass is 10.1. The van der Waals surface area contributed by atoms with Gasteiger partial charge in [0.2, 0.25) is 0 Å². The lowest BCUT2D eigenvalue weighted by Gasteiger charge is -2.38. The molecule has 5 nitrogen and oxygen atoms in total. The Labute approximate surface area is 76.3 Å². The van der Waals surface area contributed by atoms with Crippen LogP contribution in [0, 0.1) is 0 Å². The number of amides is 1. The van der Waals surface area contributed by atoms with Gasteiger partial charge in [-0.05, 0) is 12.8 Å². The van der Waals surface area contributed by atoms with Crippen molar-refractivity contribution in [2.75, 3.05) is 13.2 Å². The molecular formula is C8H14N2O3. The van der Waals surface area contributed by atoms with Crippen LogP contribution in [0.3, 0.4) is 0 Å². The maximum Gasteiger partial charge on any atom is 0.407 e. The van der Waals surface area contributed by atoms with Gasteiger partial charge in [0.05, 0.1) is 18.7 Å². The summed E-state index contributed by atoms with van der Waals surface area (Å²) in [7, 11) is 0. The third-order valence-corrected chi connectivity index (χ3v) is 3.04. The molecule has 0 spiro atoms. The van der Waals surface area contributed by atoms with E-state index in [1.807, 2.05) is 0 Å². The SMILES string of the molecule is O=C(O)N1[C@H]2CC[C@@H]1[C@@H](CO)NC2. The topological polar surface area (TPSA) is 72.8 Å². The molecule has 2 rings (SSSR count). The highest BCUT2D eigenvalue weighted by Crippen LogP contribution is 2.29. The van der Waals surface area contributed by atoms with E-state index in [0.29, 0.717) is 6.54 Å². The largest absolute Gasteiger partial charge is 0.465 e. The second-order valence-corrected chi connectivity index (χ2v) is 3.69. The Morgan fingerprint density at radius 3 is 2.92 bits per heavy atom. The van der Waals surface area contributed by atoms with Gasteiger partial charge in [0.1, 0.15) is 0 Å². The number of aliphatic hydroxyl groups excluding tert-OH is 1. The van der Waals surface area contributed by atoms with Crippen molar-refractivity contribution in [2.24, 2.45) is 0 Å². The van der Waals surface area contributed by atoms with Crippen LogP contribution in [-0.2, 0) is 0 Å². The van der Waals surface area contributed by atoms with Gasteiger partial charge in [-0.3, -0.25) is 4.90 Å². The van der Waals surface area contributed by atoms with Crippen molar-refractivity contribution in [3.63, 3.8) is 0 Å². The summed E-state index contributed by atoms with van der Waals surface area (Å²) < 4.78 is 0. The van der Waals surface area contributed by atoms with E-state index in [-0.39, 0.29) is 24.7 Å². The van der Waals surface area contributed by atoms with Gasteiger partial charge in [0, 0.05) is 12.6 Å². The van der Waals surface area contributed by atoms with E-state index < -0.39 is 6.09 Å². The molecule has 2 aliphatic rings. The van der Waals surface area contributed by atoms with Crippen LogP contribution in [-0.4, -0.2) is 52.5 Å². The second kappa shape index (κ2) is 3.16. The molecule has 2 aliphatic heterocycles. The molecule has 0 aromatic rings. The Bertz CT molecular complexity index is 221. The molecule has 3 N–H and O–H groups in total. The lowest BCUT2D eigenvalue weighted by Crippen LogP contribution is -2.60. The monoisotopic (exact) mass is 186 g/mol. The zero-order valence-electron chi connectivity index (χ0n) is 7.31. The Morgan fingerprint density at radius 1 is 1.54 bits per heavy atom. The lowest BCUT2D eigenvalue weighted by molar-refractivity contribution is 0.0749. The van der Waals surface area contributed by atoms with Gasteiger partial charge in [-0.15, -0.1) is 0 Å². The minimum Gasteiger partial charge on any atom is -0.465 e. The first kappa shape index (κ1) is 8.77. The normalized spacial score (nSPS) is 37.9. The summed E-state index contributed by atoms with van der Waals surface area (Å²) in [6.45, 7) is 0.690. The van der Waals surface area contributed by atoms with E-state index in [4.69, 9.17) is 10.2 Å². The van der Waals surface area contributed by atoms with Gasteiger partial charge >= 0.3 is 6.09 Å². The van der Waals surface area contributed by atoms with Crippen molar-refractivity contribution >= 4 is 6.09 Å². The van der Waals surface area contributed by atoms with Gasteiger partial charge in [0.25, 0.3) is 0 Å². The Morgan fingerprint density at radius 2 is 2.31 bits per heavy atom. The first-order valence-electron chi connectivity index (χ1n) is 4.59. The van der Waals surface area contributed by atoms with Crippen LogP contribution in [0.4, 0.5) is 4.79 Å². The third kappa shape index (κ3) is 1.28. The molecular weight excluding hydrogens is 172 g/mol. The standard InChI is InChI=1S/C8H14N2O3/c11-4-6-7-2-1-5(3-9-6)10(7)8(12)13/h5-7,9,11H,1-4H2,(H,12,13)/t5-,6+,7+/m0/s1. The fourth-order valence-electron chi connectivity index (χ4n) is 2.42. The Kier molecular flexibility index (Phi) is 2.13. The van der Waals surface area contributed by atoms with Crippen LogP contribution in [0.2, 0.25) is 0 Å². The predicted octanol–water partition coefficient (Wildman–Crippen LogP) is -0.539. The van der Waals surface area contributed by atoms with Crippen molar-refractivity contribution < 1.29 is 15.0 Å². The van der Waals surface area contributed by atoms with Crippen LogP contribution >= 0.6 is 0 Å². The van der Waals surface area contributed by atoms with Gasteiger partial charge in [0.15, 0.2) is 0 Å². The first-order valence-corrected chi connectivity index (χ1v) is 4.59. The molecule has 0 saturated carbocycles. The van der Waals surface area contributed by atoms with Gasteiger partial charge < -0.3 is 15.5 Å². The Balaban J connectivity index is 2.15. The molecule has 13 heavy (non-hydrogen) atoms. The number of carboxylic acid groups (broad SMARTS) is 1. The number of rotatable bonds is 1. The summed E-state index contributed by atoms with van der Waals surface area (Å²) >= 11 is 0. The van der Waals surface area contributed by atoms with Crippen molar-refractivity contribution in [1.29, 1.82) is 0 Å². The van der Waals surface area contributed by atoms with E-state index in [0.717, 1.165) is 12.8 Å². The maximum atomic E-state index is 10.9. The average Bonchev–Trinajstić information content (AvgIpc) is 2.42. The zero-order valence-corrected chi connectivity index (χ0v) is 7.31. The number of hydrogen-bond donors (Lipinski definition) is 3. The number of nitrogens with one attached hydrogen (secondary N) is 1. The molecule has 5 heteroatoms. The highest BCUT2D eigenvalue weighted by molar-refractivity contribution is 5.66. The molecule has 74 valence electrons. The number of fused-ring (bicyclic) bond motifs is 2. The minimum absolute atomic E-state index is 0.0150. The summed E-state index contributed by atoms with van der Waals surface area (Å²) in [5.74, 6) is 0. The Hall–Kier alpha value is -0.810. The van der Waals surface area contributed by atoms with E-state index in [1.54, 1.807) is 0 Å². The molecule has 2 saturated heterocycles. The summed E-state index contributed by atoms with van der Waals surface area (Å²) in [4.78, 5) is 12.4. The van der Waals surface area contributed by atoms with Crippen LogP contribution in [0.25, 0.3) is 0 Å². The van der Waals surface area contributed by atoms with E-state index in [9.17, 15) is 4.79 Å². The number of aliphatic hydroxyl groups is 1. The number of hydrogen-bond acceptors (Lipinski definition) is 3. The summed E-state index contributed by atoms with van der Waals surface area (Å²) in [6.07, 6.45) is 0.933. The van der Waals surface area contributed by atoms with Gasteiger partial charge in [-0.1, -0.05) is 0 Å². The summed E-state index contributed by atoms with van der Waals surface area (Å²) in [6, 6.07) is 0.0152. The van der Waals surface area contributed by atoms with Crippen molar-refractivity contribution in [2.45, 2.75) is 31.0 Å². The van der Waals surface area contributed by atoms with E-state index in [2.05, 4.69) is 5.32 Å². The van der Waals surface area contributed by atoms with Gasteiger partial charge in [-0.25, -0.2) is 4.79 Å².